The molecule has 1 unspecified atom stereocenters. The van der Waals surface area contributed by atoms with Gasteiger partial charge in [-0.25, -0.2) is 4.98 Å². The Bertz CT molecular complexity index is 2250. The second-order valence-electron chi connectivity index (χ2n) is 15.9. The van der Waals surface area contributed by atoms with Crippen molar-refractivity contribution >= 4 is 82.4 Å². The predicted octanol–water partition coefficient (Wildman–Crippen LogP) is 7.94. The Labute approximate surface area is 361 Å². The number of hydrogen-bond donors (Lipinski definition) is 4. The second kappa shape index (κ2) is 19.8. The summed E-state index contributed by atoms with van der Waals surface area (Å²) in [5.41, 5.74) is 4.14. The smallest absolute Gasteiger partial charge is 0.255 e. The van der Waals surface area contributed by atoms with Crippen molar-refractivity contribution in [3.63, 3.8) is 0 Å². The van der Waals surface area contributed by atoms with E-state index in [1.807, 2.05) is 60.3 Å². The Morgan fingerprint density at radius 1 is 0.933 bits per heavy atom. The first-order valence-electron chi connectivity index (χ1n) is 20.7. The van der Waals surface area contributed by atoms with Crippen molar-refractivity contribution in [3.05, 3.63) is 83.0 Å². The number of para-hydroxylation sites is 1. The van der Waals surface area contributed by atoms with Gasteiger partial charge in [0, 0.05) is 59.6 Å². The molecule has 3 amide bonds. The van der Waals surface area contributed by atoms with Crippen LogP contribution in [-0.4, -0.2) is 90.5 Å². The van der Waals surface area contributed by atoms with E-state index >= 15 is 0 Å². The highest BCUT2D eigenvalue weighted by Gasteiger charge is 2.39. The van der Waals surface area contributed by atoms with Gasteiger partial charge in [0.2, 0.25) is 17.8 Å². The quantitative estimate of drug-likeness (QED) is 0.0332. The van der Waals surface area contributed by atoms with Crippen LogP contribution in [0.25, 0.3) is 0 Å². The lowest BCUT2D eigenvalue weighted by Gasteiger charge is -2.34. The largest absolute Gasteiger partial charge is 0.494 e. The maximum Gasteiger partial charge on any atom is 0.255 e. The van der Waals surface area contributed by atoms with Crippen molar-refractivity contribution in [2.75, 3.05) is 61.4 Å². The van der Waals surface area contributed by atoms with Crippen molar-refractivity contribution in [2.24, 2.45) is 0 Å². The molecule has 0 saturated carbocycles. The fraction of sp³-hybridized carbons (Fsp3) is 0.432. The molecule has 4 N–H and O–H groups in total. The third-order valence-corrected chi connectivity index (χ3v) is 14.2. The number of hydrogen-bond acceptors (Lipinski definition) is 12. The molecule has 0 spiro atoms. The minimum Gasteiger partial charge on any atom is -0.494 e. The summed E-state index contributed by atoms with van der Waals surface area (Å²) >= 11 is 8.29. The molecule has 3 aliphatic heterocycles. The molecule has 4 heterocycles. The number of halogens is 1. The molecule has 3 aliphatic rings. The van der Waals surface area contributed by atoms with Gasteiger partial charge in [-0.15, -0.1) is 11.8 Å². The number of amides is 3. The van der Waals surface area contributed by atoms with E-state index in [1.165, 1.54) is 31.9 Å². The van der Waals surface area contributed by atoms with E-state index < -0.39 is 13.2 Å². The van der Waals surface area contributed by atoms with Crippen molar-refractivity contribution in [2.45, 2.75) is 81.3 Å². The van der Waals surface area contributed by atoms with Gasteiger partial charge in [0.1, 0.15) is 24.0 Å². The second-order valence-corrected chi connectivity index (χ2v) is 20.7. The Kier molecular flexibility index (Phi) is 14.4. The van der Waals surface area contributed by atoms with Crippen LogP contribution < -0.4 is 36.2 Å². The Hall–Kier alpha value is -4.62. The molecule has 0 radical (unpaired) electrons. The third kappa shape index (κ3) is 10.8. The molecule has 2 fully saturated rings. The van der Waals surface area contributed by atoms with Crippen LogP contribution in [0.2, 0.25) is 5.02 Å². The highest BCUT2D eigenvalue weighted by atomic mass is 35.5. The van der Waals surface area contributed by atoms with E-state index in [2.05, 4.69) is 48.3 Å². The number of fused-ring (bicyclic) bond motifs is 1. The Morgan fingerprint density at radius 3 is 2.50 bits per heavy atom. The average molecular weight is 873 g/mol. The monoisotopic (exact) mass is 872 g/mol. The minimum absolute atomic E-state index is 0.129. The maximum absolute atomic E-state index is 13.0. The van der Waals surface area contributed by atoms with Crippen LogP contribution in [0.15, 0.2) is 71.8 Å². The van der Waals surface area contributed by atoms with Gasteiger partial charge in [-0.2, -0.15) is 4.98 Å². The zero-order chi connectivity index (χ0) is 42.2. The topological polar surface area (TPSA) is 158 Å². The van der Waals surface area contributed by atoms with Gasteiger partial charge in [-0.1, -0.05) is 43.0 Å². The fourth-order valence-electron chi connectivity index (χ4n) is 8.03. The van der Waals surface area contributed by atoms with Crippen LogP contribution in [0.3, 0.4) is 0 Å². The average Bonchev–Trinajstić information content (AvgIpc) is 3.56. The number of carbonyl (C=O) groups is 3. The number of aromatic nitrogens is 2. The van der Waals surface area contributed by atoms with E-state index in [4.69, 9.17) is 16.3 Å². The van der Waals surface area contributed by atoms with Gasteiger partial charge in [-0.05, 0) is 106 Å². The van der Waals surface area contributed by atoms with Crippen LogP contribution in [0, 0.1) is 0 Å². The lowest BCUT2D eigenvalue weighted by molar-refractivity contribution is -0.136. The zero-order valence-electron chi connectivity index (χ0n) is 34.5. The number of piperidine rings is 2. The highest BCUT2D eigenvalue weighted by Crippen LogP contribution is 2.39. The summed E-state index contributed by atoms with van der Waals surface area (Å²) in [7, 11) is -0.884. The van der Waals surface area contributed by atoms with Crippen LogP contribution in [0.5, 0.6) is 5.75 Å². The van der Waals surface area contributed by atoms with E-state index in [-0.39, 0.29) is 24.1 Å². The molecule has 1 atom stereocenters. The third-order valence-electron chi connectivity index (χ3n) is 11.3. The van der Waals surface area contributed by atoms with E-state index in [1.54, 1.807) is 25.3 Å². The maximum atomic E-state index is 13.0. The number of methoxy groups -OCH3 is 1. The van der Waals surface area contributed by atoms with Crippen molar-refractivity contribution in [1.29, 1.82) is 0 Å². The van der Waals surface area contributed by atoms with E-state index in [9.17, 15) is 18.9 Å². The summed E-state index contributed by atoms with van der Waals surface area (Å²) in [4.78, 5) is 51.0. The molecule has 2 saturated heterocycles. The normalized spacial score (nSPS) is 17.1. The fourth-order valence-corrected chi connectivity index (χ4v) is 10.3. The molecular formula is C44H54ClN8O5PS. The first-order chi connectivity index (χ1) is 29.0. The summed E-state index contributed by atoms with van der Waals surface area (Å²) in [6.45, 7) is 6.84. The summed E-state index contributed by atoms with van der Waals surface area (Å²) in [6, 6.07) is 19.5. The number of carbonyl (C=O) groups excluding carboxylic acids is 3. The number of benzene rings is 3. The molecule has 13 nitrogen and oxygen atoms in total. The van der Waals surface area contributed by atoms with Gasteiger partial charge in [0.05, 0.1) is 24.7 Å². The Balaban J connectivity index is 0.785. The lowest BCUT2D eigenvalue weighted by Crippen LogP contribution is -2.52. The molecule has 318 valence electrons. The number of nitrogens with one attached hydrogen (secondary N) is 4. The molecular weight excluding hydrogens is 819 g/mol. The number of thioether (sulfide) groups is 1. The number of imide groups is 1. The lowest BCUT2D eigenvalue weighted by atomic mass is 10.0. The van der Waals surface area contributed by atoms with Gasteiger partial charge in [-0.3, -0.25) is 19.7 Å². The first kappa shape index (κ1) is 43.5. The van der Waals surface area contributed by atoms with Crippen molar-refractivity contribution < 1.29 is 23.7 Å². The number of unbranched alkanes of at least 4 members (excludes halogenated alkanes) is 4. The van der Waals surface area contributed by atoms with Crippen LogP contribution in [0.1, 0.15) is 73.7 Å². The van der Waals surface area contributed by atoms with Crippen molar-refractivity contribution in [1.82, 2.24) is 25.5 Å². The SMILES string of the molecule is COc1cc(N2CCC(NCCCCCCCSc3ccc4c(c3)CN(C3CCC(=O)NC3=O)C4=O)CC2)ccc1Nc1ncc(Cl)c(Nc2ccccc2P(C)(C)=O)n1. The summed E-state index contributed by atoms with van der Waals surface area (Å²) in [5.74, 6) is 1.69. The summed E-state index contributed by atoms with van der Waals surface area (Å²) < 4.78 is 18.7. The molecule has 0 bridgehead atoms. The number of ether oxygens (including phenoxy) is 1. The van der Waals surface area contributed by atoms with Crippen LogP contribution >= 0.6 is 30.5 Å². The number of anilines is 5. The Morgan fingerprint density at radius 2 is 1.72 bits per heavy atom. The summed E-state index contributed by atoms with van der Waals surface area (Å²) in [6.07, 6.45) is 10.3. The van der Waals surface area contributed by atoms with Gasteiger partial charge in [0.15, 0.2) is 5.82 Å². The van der Waals surface area contributed by atoms with Crippen LogP contribution in [0.4, 0.5) is 28.8 Å². The molecule has 0 aliphatic carbocycles. The highest BCUT2D eigenvalue weighted by molar-refractivity contribution is 7.99. The summed E-state index contributed by atoms with van der Waals surface area (Å²) in [5, 5.41) is 13.7. The number of rotatable bonds is 18. The molecule has 4 aromatic rings. The first-order valence-corrected chi connectivity index (χ1v) is 24.7. The number of nitrogens with zero attached hydrogens (tertiary/aromatic N) is 4. The van der Waals surface area contributed by atoms with Gasteiger partial charge < -0.3 is 35.1 Å². The van der Waals surface area contributed by atoms with Gasteiger partial charge in [0.25, 0.3) is 5.91 Å². The molecule has 7 rings (SSSR count). The standard InChI is InChI=1S/C44H54ClN8O5PS/c1-58-38-26-31(13-16-35(38)49-44-47-27-34(45)41(51-44)48-36-11-7-8-12-39(36)59(2,3)57)52-22-19-30(20-23-52)46-21-9-5-4-6-10-24-60-32-14-15-33-29(25-32)28-53(43(33)56)37-17-18-40(54)50-42(37)55/h7-8,11-16,25-27,30,37,46H,4-6,9-10,17-24,28H2,1-3H3,(H,50,54,55)(H2,47,48,49,51). The van der Waals surface area contributed by atoms with Gasteiger partial charge >= 0.3 is 0 Å². The minimum atomic E-state index is -2.54. The van der Waals surface area contributed by atoms with Crippen molar-refractivity contribution in [3.8, 4) is 5.75 Å². The predicted molar refractivity (Wildman–Crippen MR) is 242 cm³/mol. The molecule has 60 heavy (non-hydrogen) atoms. The molecule has 16 heteroatoms. The zero-order valence-corrected chi connectivity index (χ0v) is 36.9. The van der Waals surface area contributed by atoms with E-state index in [0.29, 0.717) is 52.8 Å². The molecule has 1 aromatic heterocycles. The van der Waals surface area contributed by atoms with E-state index in [0.717, 1.165) is 71.8 Å². The molecule has 3 aromatic carbocycles. The van der Waals surface area contributed by atoms with Crippen LogP contribution in [-0.2, 0) is 20.7 Å².